The smallest absolute Gasteiger partial charge is 0.335 e. The van der Waals surface area contributed by atoms with Gasteiger partial charge >= 0.3 is 5.97 Å². The molecule has 5 heteroatoms. The lowest BCUT2D eigenvalue weighted by atomic mass is 10.2. The number of aromatic carboxylic acids is 1. The van der Waals surface area contributed by atoms with Crippen LogP contribution in [0.1, 0.15) is 10.4 Å². The number of halogens is 1. The lowest BCUT2D eigenvalue weighted by Gasteiger charge is -2.12. The molecule has 1 heterocycles. The van der Waals surface area contributed by atoms with Gasteiger partial charge in [0, 0.05) is 16.8 Å². The van der Waals surface area contributed by atoms with E-state index in [4.69, 9.17) is 21.4 Å². The lowest BCUT2D eigenvalue weighted by molar-refractivity contribution is 0.0697. The number of nitrogens with one attached hydrogen (secondary N) is 1. The van der Waals surface area contributed by atoms with Crippen LogP contribution in [0.15, 0.2) is 47.1 Å². The standard InChI is InChI=1S/C13H12ClNO3/c14-11-5-9(6-15-7-11)8-18-12-3-1-10(2-4-12)13(16)17/h1-6,15H,7-8H2,(H,16,17). The van der Waals surface area contributed by atoms with E-state index in [1.54, 1.807) is 12.1 Å². The number of ether oxygens (including phenoxy) is 1. The second kappa shape index (κ2) is 5.60. The second-order valence-electron chi connectivity index (χ2n) is 3.81. The average molecular weight is 266 g/mol. The van der Waals surface area contributed by atoms with Crippen molar-refractivity contribution >= 4 is 17.6 Å². The molecule has 94 valence electrons. The van der Waals surface area contributed by atoms with Gasteiger partial charge < -0.3 is 15.2 Å². The molecule has 0 aliphatic carbocycles. The van der Waals surface area contributed by atoms with Gasteiger partial charge in [0.25, 0.3) is 0 Å². The summed E-state index contributed by atoms with van der Waals surface area (Å²) in [6.07, 6.45) is 3.70. The molecule has 0 saturated carbocycles. The molecule has 2 N–H and O–H groups in total. The second-order valence-corrected chi connectivity index (χ2v) is 4.30. The molecule has 0 aromatic heterocycles. The van der Waals surface area contributed by atoms with E-state index in [0.29, 0.717) is 18.9 Å². The molecule has 1 aliphatic heterocycles. The minimum atomic E-state index is -0.949. The van der Waals surface area contributed by atoms with Gasteiger partial charge in [-0.15, -0.1) is 0 Å². The van der Waals surface area contributed by atoms with Crippen LogP contribution in [0.2, 0.25) is 0 Å². The third-order valence-electron chi connectivity index (χ3n) is 2.41. The summed E-state index contributed by atoms with van der Waals surface area (Å²) in [7, 11) is 0. The van der Waals surface area contributed by atoms with Gasteiger partial charge in [0.2, 0.25) is 0 Å². The Kier molecular flexibility index (Phi) is 3.89. The molecule has 1 aliphatic rings. The fourth-order valence-corrected chi connectivity index (χ4v) is 1.73. The number of hydrogen-bond donors (Lipinski definition) is 2. The molecule has 0 atom stereocenters. The van der Waals surface area contributed by atoms with Gasteiger partial charge in [-0.3, -0.25) is 0 Å². The molecular formula is C13H12ClNO3. The average Bonchev–Trinajstić information content (AvgIpc) is 2.37. The maximum atomic E-state index is 10.7. The third-order valence-corrected chi connectivity index (χ3v) is 2.65. The maximum Gasteiger partial charge on any atom is 0.335 e. The first-order valence-corrected chi connectivity index (χ1v) is 5.77. The maximum absolute atomic E-state index is 10.7. The minimum Gasteiger partial charge on any atom is -0.489 e. The highest BCUT2D eigenvalue weighted by Crippen LogP contribution is 2.15. The quantitative estimate of drug-likeness (QED) is 0.878. The first-order chi connectivity index (χ1) is 8.65. The normalized spacial score (nSPS) is 14.3. The van der Waals surface area contributed by atoms with Gasteiger partial charge in [-0.1, -0.05) is 11.6 Å². The zero-order valence-electron chi connectivity index (χ0n) is 9.52. The SMILES string of the molecule is O=C(O)c1ccc(OCC2=CNCC(Cl)=C2)cc1. The Morgan fingerprint density at radius 1 is 1.39 bits per heavy atom. The Balaban J connectivity index is 1.94. The predicted molar refractivity (Wildman–Crippen MR) is 68.9 cm³/mol. The van der Waals surface area contributed by atoms with E-state index in [1.807, 2.05) is 12.3 Å². The summed E-state index contributed by atoms with van der Waals surface area (Å²) >= 11 is 5.89. The molecule has 1 aromatic carbocycles. The molecule has 4 nitrogen and oxygen atoms in total. The van der Waals surface area contributed by atoms with Crippen molar-refractivity contribution in [2.45, 2.75) is 0 Å². The molecule has 1 aromatic rings. The summed E-state index contributed by atoms with van der Waals surface area (Å²) in [4.78, 5) is 10.7. The number of dihydropyridines is 1. The Labute approximate surface area is 110 Å². The number of carboxylic acid groups (broad SMARTS) is 1. The number of carboxylic acids is 1. The summed E-state index contributed by atoms with van der Waals surface area (Å²) in [6, 6.07) is 6.28. The van der Waals surface area contributed by atoms with Crippen LogP contribution >= 0.6 is 11.6 Å². The van der Waals surface area contributed by atoms with Gasteiger partial charge in [0.05, 0.1) is 12.1 Å². The van der Waals surface area contributed by atoms with Gasteiger partial charge in [-0.05, 0) is 30.3 Å². The van der Waals surface area contributed by atoms with Crippen molar-refractivity contribution < 1.29 is 14.6 Å². The zero-order chi connectivity index (χ0) is 13.0. The third kappa shape index (κ3) is 3.28. The van der Waals surface area contributed by atoms with Crippen LogP contribution in [0.4, 0.5) is 0 Å². The Morgan fingerprint density at radius 3 is 2.72 bits per heavy atom. The van der Waals surface area contributed by atoms with Crippen molar-refractivity contribution in [3.63, 3.8) is 0 Å². The van der Waals surface area contributed by atoms with Crippen LogP contribution in [0.5, 0.6) is 5.75 Å². The molecule has 0 fully saturated rings. The van der Waals surface area contributed by atoms with Crippen LogP contribution in [0, 0.1) is 0 Å². The molecule has 0 unspecified atom stereocenters. The van der Waals surface area contributed by atoms with Crippen molar-refractivity contribution in [2.24, 2.45) is 0 Å². The number of carbonyl (C=O) groups is 1. The summed E-state index contributed by atoms with van der Waals surface area (Å²) in [5.41, 5.74) is 1.18. The van der Waals surface area contributed by atoms with E-state index < -0.39 is 5.97 Å². The highest BCUT2D eigenvalue weighted by atomic mass is 35.5. The van der Waals surface area contributed by atoms with E-state index in [1.165, 1.54) is 12.1 Å². The van der Waals surface area contributed by atoms with Crippen LogP contribution in [-0.4, -0.2) is 24.2 Å². The molecular weight excluding hydrogens is 254 g/mol. The Hall–Kier alpha value is -1.94. The lowest BCUT2D eigenvalue weighted by Crippen LogP contribution is -2.15. The zero-order valence-corrected chi connectivity index (χ0v) is 10.3. The fraction of sp³-hybridized carbons (Fsp3) is 0.154. The topological polar surface area (TPSA) is 58.6 Å². The molecule has 0 saturated heterocycles. The van der Waals surface area contributed by atoms with Crippen LogP contribution in [0.25, 0.3) is 0 Å². The molecule has 0 amide bonds. The Morgan fingerprint density at radius 2 is 2.11 bits per heavy atom. The van der Waals surface area contributed by atoms with Crippen LogP contribution < -0.4 is 10.1 Å². The molecule has 2 rings (SSSR count). The van der Waals surface area contributed by atoms with Crippen molar-refractivity contribution in [1.82, 2.24) is 5.32 Å². The molecule has 18 heavy (non-hydrogen) atoms. The summed E-state index contributed by atoms with van der Waals surface area (Å²) in [5, 5.41) is 12.5. The van der Waals surface area contributed by atoms with Gasteiger partial charge in [0.15, 0.2) is 0 Å². The number of hydrogen-bond acceptors (Lipinski definition) is 3. The number of rotatable bonds is 4. The fourth-order valence-electron chi connectivity index (χ4n) is 1.52. The molecule has 0 radical (unpaired) electrons. The van der Waals surface area contributed by atoms with Crippen molar-refractivity contribution in [2.75, 3.05) is 13.2 Å². The van der Waals surface area contributed by atoms with E-state index >= 15 is 0 Å². The molecule has 0 spiro atoms. The first-order valence-electron chi connectivity index (χ1n) is 5.40. The monoisotopic (exact) mass is 265 g/mol. The van der Waals surface area contributed by atoms with E-state index in [0.717, 1.165) is 10.6 Å². The Bertz CT molecular complexity index is 505. The summed E-state index contributed by atoms with van der Waals surface area (Å²) in [6.45, 7) is 1.02. The minimum absolute atomic E-state index is 0.240. The van der Waals surface area contributed by atoms with Gasteiger partial charge in [0.1, 0.15) is 12.4 Å². The van der Waals surface area contributed by atoms with E-state index in [-0.39, 0.29) is 5.56 Å². The van der Waals surface area contributed by atoms with Crippen molar-refractivity contribution in [1.29, 1.82) is 0 Å². The highest BCUT2D eigenvalue weighted by Gasteiger charge is 2.05. The first kappa shape index (κ1) is 12.5. The van der Waals surface area contributed by atoms with Crippen LogP contribution in [-0.2, 0) is 0 Å². The van der Waals surface area contributed by atoms with Crippen molar-refractivity contribution in [3.05, 3.63) is 52.7 Å². The predicted octanol–water partition coefficient (Wildman–Crippen LogP) is 2.37. The number of benzene rings is 1. The summed E-state index contributed by atoms with van der Waals surface area (Å²) in [5.74, 6) is -0.327. The molecule has 0 bridgehead atoms. The van der Waals surface area contributed by atoms with Crippen LogP contribution in [0.3, 0.4) is 0 Å². The highest BCUT2D eigenvalue weighted by molar-refractivity contribution is 6.30. The van der Waals surface area contributed by atoms with E-state index in [2.05, 4.69) is 5.32 Å². The van der Waals surface area contributed by atoms with Gasteiger partial charge in [-0.25, -0.2) is 4.79 Å². The largest absolute Gasteiger partial charge is 0.489 e. The van der Waals surface area contributed by atoms with Crippen molar-refractivity contribution in [3.8, 4) is 5.75 Å². The summed E-state index contributed by atoms with van der Waals surface area (Å²) < 4.78 is 5.52. The van der Waals surface area contributed by atoms with Gasteiger partial charge in [-0.2, -0.15) is 0 Å². The van der Waals surface area contributed by atoms with E-state index in [9.17, 15) is 4.79 Å².